The molecule has 0 amide bonds. The van der Waals surface area contributed by atoms with Crippen molar-refractivity contribution in [1.82, 2.24) is 10.6 Å². The highest BCUT2D eigenvalue weighted by Crippen LogP contribution is 2.61. The summed E-state index contributed by atoms with van der Waals surface area (Å²) in [5, 5.41) is 6.71. The molecule has 0 aromatic carbocycles. The van der Waals surface area contributed by atoms with Crippen LogP contribution in [0.3, 0.4) is 0 Å². The number of hydrogen-bond acceptors (Lipinski definition) is 2. The molecule has 0 radical (unpaired) electrons. The maximum atomic E-state index is 5.14. The summed E-state index contributed by atoms with van der Waals surface area (Å²) in [6, 6.07) is 0.295. The summed E-state index contributed by atoms with van der Waals surface area (Å²) in [6.45, 7) is 6.82. The van der Waals surface area contributed by atoms with Gasteiger partial charge in [0.15, 0.2) is 5.96 Å². The number of ether oxygens (including phenoxy) is 1. The van der Waals surface area contributed by atoms with Crippen LogP contribution in [-0.4, -0.2) is 38.8 Å². The zero-order valence-electron chi connectivity index (χ0n) is 12.4. The second-order valence-electron chi connectivity index (χ2n) is 5.83. The van der Waals surface area contributed by atoms with Crippen molar-refractivity contribution in [1.29, 1.82) is 0 Å². The summed E-state index contributed by atoms with van der Waals surface area (Å²) >= 11 is 0. The van der Waals surface area contributed by atoms with Crippen LogP contribution < -0.4 is 10.6 Å². The van der Waals surface area contributed by atoms with E-state index < -0.39 is 0 Å². The van der Waals surface area contributed by atoms with Crippen molar-refractivity contribution in [3.63, 3.8) is 0 Å². The Balaban J connectivity index is 0.00000180. The first-order valence-corrected chi connectivity index (χ1v) is 7.24. The Hall–Kier alpha value is -0.0400. The van der Waals surface area contributed by atoms with E-state index in [1.807, 2.05) is 0 Å². The molecule has 0 spiro atoms. The van der Waals surface area contributed by atoms with Crippen LogP contribution in [0.1, 0.15) is 39.5 Å². The molecule has 4 nitrogen and oxygen atoms in total. The van der Waals surface area contributed by atoms with E-state index in [0.29, 0.717) is 18.1 Å². The van der Waals surface area contributed by atoms with Crippen molar-refractivity contribution in [3.8, 4) is 0 Å². The van der Waals surface area contributed by atoms with Gasteiger partial charge < -0.3 is 15.4 Å². The summed E-state index contributed by atoms with van der Waals surface area (Å²) in [4.78, 5) is 4.77. The molecule has 2 N–H and O–H groups in total. The van der Waals surface area contributed by atoms with E-state index in [-0.39, 0.29) is 24.0 Å². The van der Waals surface area contributed by atoms with Crippen LogP contribution in [-0.2, 0) is 4.74 Å². The van der Waals surface area contributed by atoms with Crippen LogP contribution in [0.25, 0.3) is 0 Å². The molecule has 0 aromatic heterocycles. The van der Waals surface area contributed by atoms with Gasteiger partial charge in [0.1, 0.15) is 0 Å². The Morgan fingerprint density at radius 3 is 2.58 bits per heavy atom. The van der Waals surface area contributed by atoms with E-state index in [9.17, 15) is 0 Å². The van der Waals surface area contributed by atoms with Crippen LogP contribution in [0.5, 0.6) is 0 Å². The fourth-order valence-electron chi connectivity index (χ4n) is 2.63. The van der Waals surface area contributed by atoms with Gasteiger partial charge in [-0.1, -0.05) is 0 Å². The molecular weight excluding hydrogens is 353 g/mol. The highest BCUT2D eigenvalue weighted by Gasteiger charge is 2.53. The largest absolute Gasteiger partial charge is 0.383 e. The standard InChI is InChI=1S/C14H27N3O.HI/c1-4-15-13(17-11(2)9-18-3)16-10-14(7-8-14)12-5-6-12;/h11-12H,4-10H2,1-3H3,(H2,15,16,17);1H. The molecule has 0 saturated heterocycles. The molecule has 2 saturated carbocycles. The second-order valence-corrected chi connectivity index (χ2v) is 5.83. The molecule has 5 heteroatoms. The van der Waals surface area contributed by atoms with Gasteiger partial charge >= 0.3 is 0 Å². The van der Waals surface area contributed by atoms with Crippen molar-refractivity contribution in [2.24, 2.45) is 16.3 Å². The first-order valence-electron chi connectivity index (χ1n) is 7.24. The van der Waals surface area contributed by atoms with Gasteiger partial charge in [-0.3, -0.25) is 4.99 Å². The lowest BCUT2D eigenvalue weighted by molar-refractivity contribution is 0.179. The smallest absolute Gasteiger partial charge is 0.191 e. The van der Waals surface area contributed by atoms with Crippen molar-refractivity contribution in [2.75, 3.05) is 26.8 Å². The Morgan fingerprint density at radius 2 is 2.11 bits per heavy atom. The topological polar surface area (TPSA) is 45.7 Å². The number of nitrogens with one attached hydrogen (secondary N) is 2. The van der Waals surface area contributed by atoms with E-state index in [2.05, 4.69) is 24.5 Å². The van der Waals surface area contributed by atoms with Crippen molar-refractivity contribution >= 4 is 29.9 Å². The Morgan fingerprint density at radius 1 is 1.42 bits per heavy atom. The maximum absolute atomic E-state index is 5.14. The van der Waals surface area contributed by atoms with Gasteiger partial charge in [-0.05, 0) is 50.9 Å². The van der Waals surface area contributed by atoms with Crippen molar-refractivity contribution in [2.45, 2.75) is 45.6 Å². The normalized spacial score (nSPS) is 22.4. The molecule has 1 unspecified atom stereocenters. The predicted molar refractivity (Wildman–Crippen MR) is 90.3 cm³/mol. The minimum atomic E-state index is 0. The van der Waals surface area contributed by atoms with Gasteiger partial charge in [0, 0.05) is 26.2 Å². The molecule has 1 atom stereocenters. The fourth-order valence-corrected chi connectivity index (χ4v) is 2.63. The van der Waals surface area contributed by atoms with E-state index in [1.54, 1.807) is 7.11 Å². The molecule has 2 aliphatic rings. The molecule has 0 bridgehead atoms. The van der Waals surface area contributed by atoms with Crippen LogP contribution >= 0.6 is 24.0 Å². The van der Waals surface area contributed by atoms with Gasteiger partial charge in [-0.15, -0.1) is 24.0 Å². The monoisotopic (exact) mass is 381 g/mol. The average Bonchev–Trinajstić information content (AvgIpc) is 3.18. The van der Waals surface area contributed by atoms with Crippen LogP contribution in [0.15, 0.2) is 4.99 Å². The lowest BCUT2D eigenvalue weighted by Gasteiger charge is -2.18. The SMILES string of the molecule is CCNC(=NCC1(C2CC2)CC1)NC(C)COC.I. The Bertz CT molecular complexity index is 301. The average molecular weight is 381 g/mol. The molecule has 0 heterocycles. The fraction of sp³-hybridized carbons (Fsp3) is 0.929. The number of halogens is 1. The number of nitrogens with zero attached hydrogens (tertiary/aromatic N) is 1. The second kappa shape index (κ2) is 7.67. The molecule has 2 aliphatic carbocycles. The molecule has 112 valence electrons. The molecule has 0 aliphatic heterocycles. The van der Waals surface area contributed by atoms with Gasteiger partial charge in [0.25, 0.3) is 0 Å². The highest BCUT2D eigenvalue weighted by molar-refractivity contribution is 14.0. The third-order valence-electron chi connectivity index (χ3n) is 4.03. The van der Waals surface area contributed by atoms with Crippen LogP contribution in [0.2, 0.25) is 0 Å². The van der Waals surface area contributed by atoms with E-state index in [4.69, 9.17) is 9.73 Å². The lowest BCUT2D eigenvalue weighted by Crippen LogP contribution is -2.44. The third kappa shape index (κ3) is 5.10. The third-order valence-corrected chi connectivity index (χ3v) is 4.03. The summed E-state index contributed by atoms with van der Waals surface area (Å²) in [5.41, 5.74) is 0.576. The lowest BCUT2D eigenvalue weighted by atomic mass is 10.0. The van der Waals surface area contributed by atoms with Gasteiger partial charge in [-0.25, -0.2) is 0 Å². The Labute approximate surface area is 134 Å². The quantitative estimate of drug-likeness (QED) is 0.405. The highest BCUT2D eigenvalue weighted by atomic mass is 127. The van der Waals surface area contributed by atoms with E-state index in [1.165, 1.54) is 25.7 Å². The maximum Gasteiger partial charge on any atom is 0.191 e. The van der Waals surface area contributed by atoms with Gasteiger partial charge in [-0.2, -0.15) is 0 Å². The van der Waals surface area contributed by atoms with E-state index >= 15 is 0 Å². The Kier molecular flexibility index (Phi) is 6.86. The first kappa shape index (κ1) is 17.0. The van der Waals surface area contributed by atoms with Crippen LogP contribution in [0, 0.1) is 11.3 Å². The number of rotatable bonds is 7. The van der Waals surface area contributed by atoms with Gasteiger partial charge in [0.05, 0.1) is 6.61 Å². The minimum absolute atomic E-state index is 0. The first-order chi connectivity index (χ1) is 8.70. The molecule has 2 fully saturated rings. The summed E-state index contributed by atoms with van der Waals surface area (Å²) < 4.78 is 5.14. The molecule has 19 heavy (non-hydrogen) atoms. The summed E-state index contributed by atoms with van der Waals surface area (Å²) in [6.07, 6.45) is 5.63. The molecular formula is C14H28IN3O. The van der Waals surface area contributed by atoms with E-state index in [0.717, 1.165) is 25.0 Å². The predicted octanol–water partition coefficient (Wildman–Crippen LogP) is 2.38. The molecule has 2 rings (SSSR count). The minimum Gasteiger partial charge on any atom is -0.383 e. The number of methoxy groups -OCH3 is 1. The van der Waals surface area contributed by atoms with Gasteiger partial charge in [0.2, 0.25) is 0 Å². The number of guanidine groups is 1. The zero-order chi connectivity index (χ0) is 13.0. The van der Waals surface area contributed by atoms with Crippen LogP contribution in [0.4, 0.5) is 0 Å². The number of hydrogen-bond donors (Lipinski definition) is 2. The summed E-state index contributed by atoms with van der Waals surface area (Å²) in [5.74, 6) is 1.91. The van der Waals surface area contributed by atoms with Crippen molar-refractivity contribution in [3.05, 3.63) is 0 Å². The molecule has 0 aromatic rings. The summed E-state index contributed by atoms with van der Waals surface area (Å²) in [7, 11) is 1.73. The zero-order valence-corrected chi connectivity index (χ0v) is 14.7. The van der Waals surface area contributed by atoms with Crippen molar-refractivity contribution < 1.29 is 4.74 Å². The number of aliphatic imine (C=N–C) groups is 1.